The Balaban J connectivity index is 2.45. The number of aliphatic hydroxyl groups is 1. The normalized spacial score (nSPS) is 12.1. The number of aromatic nitrogens is 4. The third-order valence-corrected chi connectivity index (χ3v) is 4.28. The first kappa shape index (κ1) is 16.2. The Bertz CT molecular complexity index is 889. The van der Waals surface area contributed by atoms with Crippen molar-refractivity contribution in [1.29, 1.82) is 0 Å². The fourth-order valence-corrected chi connectivity index (χ4v) is 2.96. The fraction of sp³-hybridized carbons (Fsp3) is 0.312. The summed E-state index contributed by atoms with van der Waals surface area (Å²) in [5, 5.41) is 10.7. The summed E-state index contributed by atoms with van der Waals surface area (Å²) in [6.07, 6.45) is 0. The highest BCUT2D eigenvalue weighted by atomic mass is 35.5. The molecule has 0 aliphatic rings. The van der Waals surface area contributed by atoms with Crippen LogP contribution in [0.25, 0.3) is 22.6 Å². The summed E-state index contributed by atoms with van der Waals surface area (Å²) in [6, 6.07) is 7.41. The molecule has 120 valence electrons. The Hall–Kier alpha value is -1.69. The van der Waals surface area contributed by atoms with E-state index >= 15 is 0 Å². The van der Waals surface area contributed by atoms with Crippen LogP contribution in [-0.2, 0) is 5.54 Å². The van der Waals surface area contributed by atoms with Gasteiger partial charge in [-0.1, -0.05) is 35.3 Å². The lowest BCUT2D eigenvalue weighted by Gasteiger charge is -2.26. The fourth-order valence-electron chi connectivity index (χ4n) is 2.49. The van der Waals surface area contributed by atoms with Crippen molar-refractivity contribution in [1.82, 2.24) is 19.5 Å². The van der Waals surface area contributed by atoms with Crippen molar-refractivity contribution in [2.45, 2.75) is 26.3 Å². The molecule has 0 bridgehead atoms. The minimum Gasteiger partial charge on any atom is -0.394 e. The van der Waals surface area contributed by atoms with Crippen molar-refractivity contribution < 1.29 is 5.11 Å². The van der Waals surface area contributed by atoms with Crippen LogP contribution in [0, 0.1) is 6.92 Å². The molecule has 0 unspecified atom stereocenters. The van der Waals surface area contributed by atoms with Crippen molar-refractivity contribution >= 4 is 34.4 Å². The number of fused-ring (bicyclic) bond motifs is 1. The maximum Gasteiger partial charge on any atom is 0.166 e. The van der Waals surface area contributed by atoms with Gasteiger partial charge in [-0.05, 0) is 32.9 Å². The van der Waals surface area contributed by atoms with Gasteiger partial charge in [0.25, 0.3) is 0 Å². The monoisotopic (exact) mass is 350 g/mol. The number of aliphatic hydroxyl groups excluding tert-OH is 1. The summed E-state index contributed by atoms with van der Waals surface area (Å²) in [5.74, 6) is 1.15. The highest BCUT2D eigenvalue weighted by molar-refractivity contribution is 6.34. The van der Waals surface area contributed by atoms with Gasteiger partial charge in [-0.25, -0.2) is 15.0 Å². The Labute approximate surface area is 143 Å². The first-order chi connectivity index (χ1) is 10.8. The molecule has 2 aromatic heterocycles. The van der Waals surface area contributed by atoms with Crippen LogP contribution in [0.3, 0.4) is 0 Å². The van der Waals surface area contributed by atoms with E-state index in [1.54, 1.807) is 13.0 Å². The zero-order chi connectivity index (χ0) is 16.8. The number of hydrogen-bond acceptors (Lipinski definition) is 4. The zero-order valence-electron chi connectivity index (χ0n) is 13.0. The maximum absolute atomic E-state index is 9.85. The van der Waals surface area contributed by atoms with Gasteiger partial charge in [0.2, 0.25) is 0 Å². The third-order valence-electron chi connectivity index (χ3n) is 3.68. The molecule has 0 aliphatic heterocycles. The molecular weight excluding hydrogens is 335 g/mol. The number of halogens is 2. The molecule has 0 amide bonds. The molecular formula is C16H16Cl2N4O. The number of rotatable bonds is 3. The first-order valence-corrected chi connectivity index (χ1v) is 7.89. The van der Waals surface area contributed by atoms with Gasteiger partial charge in [0.15, 0.2) is 10.8 Å². The van der Waals surface area contributed by atoms with Gasteiger partial charge in [0, 0.05) is 5.56 Å². The summed E-state index contributed by atoms with van der Waals surface area (Å²) >= 11 is 12.6. The van der Waals surface area contributed by atoms with Gasteiger partial charge in [-0.15, -0.1) is 0 Å². The summed E-state index contributed by atoms with van der Waals surface area (Å²) in [7, 11) is 0. The molecule has 0 spiro atoms. The average Bonchev–Trinajstić information content (AvgIpc) is 2.88. The standard InChI is InChI=1S/C16H16Cl2N4O/c1-9-19-13(18)12-15(20-9)22(16(2,3)8-23)14(21-12)10-6-4-5-7-11(10)17/h4-7,23H,8H2,1-3H3. The SMILES string of the molecule is Cc1nc(Cl)c2nc(-c3ccccc3Cl)n(C(C)(C)CO)c2n1. The Kier molecular flexibility index (Phi) is 4.04. The Morgan fingerprint density at radius 1 is 1.13 bits per heavy atom. The zero-order valence-corrected chi connectivity index (χ0v) is 14.5. The molecule has 3 rings (SSSR count). The summed E-state index contributed by atoms with van der Waals surface area (Å²) < 4.78 is 1.87. The van der Waals surface area contributed by atoms with Crippen LogP contribution < -0.4 is 0 Å². The van der Waals surface area contributed by atoms with Crippen LogP contribution in [-0.4, -0.2) is 31.2 Å². The number of nitrogens with zero attached hydrogens (tertiary/aromatic N) is 4. The molecule has 2 heterocycles. The lowest BCUT2D eigenvalue weighted by Crippen LogP contribution is -2.31. The molecule has 3 aromatic rings. The van der Waals surface area contributed by atoms with Gasteiger partial charge >= 0.3 is 0 Å². The second kappa shape index (κ2) is 5.74. The first-order valence-electron chi connectivity index (χ1n) is 7.14. The lowest BCUT2D eigenvalue weighted by molar-refractivity contribution is 0.168. The maximum atomic E-state index is 9.85. The molecule has 1 aromatic carbocycles. The topological polar surface area (TPSA) is 63.8 Å². The van der Waals surface area contributed by atoms with Crippen molar-refractivity contribution in [2.24, 2.45) is 0 Å². The summed E-state index contributed by atoms with van der Waals surface area (Å²) in [4.78, 5) is 13.2. The highest BCUT2D eigenvalue weighted by Gasteiger charge is 2.29. The number of benzene rings is 1. The van der Waals surface area contributed by atoms with Gasteiger partial charge in [0.1, 0.15) is 17.2 Å². The summed E-state index contributed by atoms with van der Waals surface area (Å²) in [5.41, 5.74) is 1.19. The van der Waals surface area contributed by atoms with Crippen LogP contribution in [0.1, 0.15) is 19.7 Å². The van der Waals surface area contributed by atoms with E-state index in [4.69, 9.17) is 23.2 Å². The molecule has 0 saturated carbocycles. The van der Waals surface area contributed by atoms with E-state index in [9.17, 15) is 5.11 Å². The second-order valence-electron chi connectivity index (χ2n) is 5.96. The second-order valence-corrected chi connectivity index (χ2v) is 6.72. The minimum atomic E-state index is -0.632. The van der Waals surface area contributed by atoms with Crippen LogP contribution in [0.2, 0.25) is 10.2 Å². The molecule has 23 heavy (non-hydrogen) atoms. The molecule has 7 heteroatoms. The van der Waals surface area contributed by atoms with E-state index in [0.717, 1.165) is 5.56 Å². The van der Waals surface area contributed by atoms with Crippen molar-refractivity contribution in [3.05, 3.63) is 40.3 Å². The van der Waals surface area contributed by atoms with E-state index in [1.807, 2.05) is 36.6 Å². The largest absolute Gasteiger partial charge is 0.394 e. The Morgan fingerprint density at radius 3 is 2.48 bits per heavy atom. The smallest absolute Gasteiger partial charge is 0.166 e. The molecule has 0 aliphatic carbocycles. The van der Waals surface area contributed by atoms with Crippen molar-refractivity contribution in [3.8, 4) is 11.4 Å². The van der Waals surface area contributed by atoms with Crippen molar-refractivity contribution in [2.75, 3.05) is 6.61 Å². The summed E-state index contributed by atoms with van der Waals surface area (Å²) in [6.45, 7) is 5.49. The predicted molar refractivity (Wildman–Crippen MR) is 91.9 cm³/mol. The molecule has 0 saturated heterocycles. The molecule has 0 atom stereocenters. The predicted octanol–water partition coefficient (Wildman–Crippen LogP) is 3.84. The van der Waals surface area contributed by atoms with E-state index in [0.29, 0.717) is 27.8 Å². The molecule has 5 nitrogen and oxygen atoms in total. The number of imidazole rings is 1. The minimum absolute atomic E-state index is 0.0867. The van der Waals surface area contributed by atoms with Crippen LogP contribution in [0.5, 0.6) is 0 Å². The van der Waals surface area contributed by atoms with Gasteiger partial charge in [-0.2, -0.15) is 0 Å². The highest BCUT2D eigenvalue weighted by Crippen LogP contribution is 2.35. The van der Waals surface area contributed by atoms with E-state index < -0.39 is 5.54 Å². The average molecular weight is 351 g/mol. The Morgan fingerprint density at radius 2 is 1.83 bits per heavy atom. The van der Waals surface area contributed by atoms with Gasteiger partial charge in [0.05, 0.1) is 17.2 Å². The van der Waals surface area contributed by atoms with E-state index in [2.05, 4.69) is 15.0 Å². The van der Waals surface area contributed by atoms with Crippen LogP contribution in [0.4, 0.5) is 0 Å². The van der Waals surface area contributed by atoms with Crippen LogP contribution in [0.15, 0.2) is 24.3 Å². The lowest BCUT2D eigenvalue weighted by atomic mass is 10.1. The molecule has 1 N–H and O–H groups in total. The van der Waals surface area contributed by atoms with Crippen molar-refractivity contribution in [3.63, 3.8) is 0 Å². The van der Waals surface area contributed by atoms with Gasteiger partial charge < -0.3 is 9.67 Å². The molecule has 0 radical (unpaired) electrons. The number of hydrogen-bond donors (Lipinski definition) is 1. The third kappa shape index (κ3) is 2.69. The van der Waals surface area contributed by atoms with E-state index in [1.165, 1.54) is 0 Å². The number of aryl methyl sites for hydroxylation is 1. The molecule has 0 fully saturated rings. The van der Waals surface area contributed by atoms with E-state index in [-0.39, 0.29) is 11.8 Å². The van der Waals surface area contributed by atoms with Gasteiger partial charge in [-0.3, -0.25) is 0 Å². The van der Waals surface area contributed by atoms with Crippen LogP contribution >= 0.6 is 23.2 Å². The quantitative estimate of drug-likeness (QED) is 0.729.